The van der Waals surface area contributed by atoms with Gasteiger partial charge >= 0.3 is 0 Å². The Morgan fingerprint density at radius 1 is 1.08 bits per heavy atom. The predicted octanol–water partition coefficient (Wildman–Crippen LogP) is 1.94. The molecule has 1 aliphatic heterocycles. The minimum absolute atomic E-state index is 0.530. The van der Waals surface area contributed by atoms with Gasteiger partial charge in [0.25, 0.3) is 5.78 Å². The van der Waals surface area contributed by atoms with Crippen LogP contribution in [-0.2, 0) is 4.74 Å². The molecule has 0 unspecified atom stereocenters. The van der Waals surface area contributed by atoms with E-state index in [1.54, 1.807) is 16.8 Å². The zero-order valence-electron chi connectivity index (χ0n) is 13.6. The molecular weight excluding hydrogens is 302 g/mol. The van der Waals surface area contributed by atoms with Crippen LogP contribution in [0.3, 0.4) is 0 Å². The molecule has 0 saturated carbocycles. The first-order valence-corrected chi connectivity index (χ1v) is 7.80. The lowest BCUT2D eigenvalue weighted by Crippen LogP contribution is -2.36. The Balaban J connectivity index is 0.000000203. The molecule has 1 saturated heterocycles. The van der Waals surface area contributed by atoms with Gasteiger partial charge in [0.15, 0.2) is 0 Å². The zero-order chi connectivity index (χ0) is 16.8. The third kappa shape index (κ3) is 3.89. The first-order chi connectivity index (χ1) is 11.8. The average molecular weight is 321 g/mol. The average Bonchev–Trinajstić information content (AvgIpc) is 3.07. The van der Waals surface area contributed by atoms with Gasteiger partial charge in [0.1, 0.15) is 5.69 Å². The van der Waals surface area contributed by atoms with Gasteiger partial charge in [-0.15, -0.1) is 11.5 Å². The first kappa shape index (κ1) is 16.0. The highest BCUT2D eigenvalue weighted by molar-refractivity contribution is 5.41. The van der Waals surface area contributed by atoms with Crippen molar-refractivity contribution in [1.29, 1.82) is 0 Å². The van der Waals surface area contributed by atoms with Crippen molar-refractivity contribution in [2.24, 2.45) is 0 Å². The highest BCUT2D eigenvalue weighted by Gasteiger charge is 2.16. The van der Waals surface area contributed by atoms with Crippen LogP contribution >= 0.6 is 0 Å². The second kappa shape index (κ2) is 7.57. The second-order valence-electron chi connectivity index (χ2n) is 5.37. The third-order valence-corrected chi connectivity index (χ3v) is 3.58. The Bertz CT molecular complexity index is 831. The normalized spacial score (nSPS) is 13.9. The van der Waals surface area contributed by atoms with E-state index in [1.807, 2.05) is 18.2 Å². The third-order valence-electron chi connectivity index (χ3n) is 3.58. The van der Waals surface area contributed by atoms with Gasteiger partial charge in [0, 0.05) is 19.3 Å². The van der Waals surface area contributed by atoms with Crippen LogP contribution in [0.15, 0.2) is 42.6 Å². The van der Waals surface area contributed by atoms with E-state index >= 15 is 0 Å². The summed E-state index contributed by atoms with van der Waals surface area (Å²) >= 11 is 0. The summed E-state index contributed by atoms with van der Waals surface area (Å²) in [6.07, 6.45) is 7.07. The SMILES string of the molecule is C#Cc1ccn2nc(N3CCOCC3)nc2n1.Cc1ccccc1. The molecule has 0 radical (unpaired) electrons. The van der Waals surface area contributed by atoms with Crippen LogP contribution in [0.5, 0.6) is 0 Å². The van der Waals surface area contributed by atoms with Crippen molar-refractivity contribution in [3.05, 3.63) is 53.9 Å². The molecule has 4 rings (SSSR count). The van der Waals surface area contributed by atoms with Gasteiger partial charge < -0.3 is 9.64 Å². The molecule has 6 nitrogen and oxygen atoms in total. The van der Waals surface area contributed by atoms with E-state index in [4.69, 9.17) is 11.2 Å². The molecule has 3 heterocycles. The molecule has 24 heavy (non-hydrogen) atoms. The minimum atomic E-state index is 0.530. The fourth-order valence-corrected chi connectivity index (χ4v) is 2.28. The Hall–Kier alpha value is -2.91. The fraction of sp³-hybridized carbons (Fsp3) is 0.278. The van der Waals surface area contributed by atoms with Gasteiger partial charge in [-0.1, -0.05) is 41.8 Å². The zero-order valence-corrected chi connectivity index (χ0v) is 13.6. The largest absolute Gasteiger partial charge is 0.378 e. The molecule has 3 aromatic rings. The molecule has 2 aromatic heterocycles. The van der Waals surface area contributed by atoms with Crippen molar-refractivity contribution in [2.75, 3.05) is 31.2 Å². The van der Waals surface area contributed by atoms with Crippen molar-refractivity contribution >= 4 is 11.7 Å². The standard InChI is InChI=1S/C11H11N5O.C7H8/c1-2-9-3-4-16-10(12-9)13-11(14-16)15-5-7-17-8-6-15;1-7-5-3-2-4-6-7/h1,3-4H,5-8H2;2-6H,1H3. The maximum Gasteiger partial charge on any atom is 0.255 e. The summed E-state index contributed by atoms with van der Waals surface area (Å²) in [6, 6.07) is 12.0. The first-order valence-electron chi connectivity index (χ1n) is 7.80. The fourth-order valence-electron chi connectivity index (χ4n) is 2.28. The van der Waals surface area contributed by atoms with Crippen LogP contribution in [0, 0.1) is 19.3 Å². The number of fused-ring (bicyclic) bond motifs is 1. The molecule has 0 atom stereocenters. The van der Waals surface area contributed by atoms with E-state index in [9.17, 15) is 0 Å². The Labute approximate surface area is 141 Å². The van der Waals surface area contributed by atoms with E-state index < -0.39 is 0 Å². The molecule has 1 fully saturated rings. The number of rotatable bonds is 1. The van der Waals surface area contributed by atoms with Crippen molar-refractivity contribution in [2.45, 2.75) is 6.92 Å². The van der Waals surface area contributed by atoms with Crippen LogP contribution in [0.4, 0.5) is 5.95 Å². The van der Waals surface area contributed by atoms with Gasteiger partial charge in [-0.05, 0) is 13.0 Å². The van der Waals surface area contributed by atoms with Crippen LogP contribution in [-0.4, -0.2) is 45.9 Å². The van der Waals surface area contributed by atoms with Gasteiger partial charge in [0.05, 0.1) is 13.2 Å². The number of terminal acetylenes is 1. The minimum Gasteiger partial charge on any atom is -0.378 e. The number of morpholine rings is 1. The number of hydrogen-bond acceptors (Lipinski definition) is 5. The Morgan fingerprint density at radius 3 is 2.46 bits per heavy atom. The lowest BCUT2D eigenvalue weighted by molar-refractivity contribution is 0.122. The number of hydrogen-bond donors (Lipinski definition) is 0. The van der Waals surface area contributed by atoms with Crippen molar-refractivity contribution in [3.63, 3.8) is 0 Å². The van der Waals surface area contributed by atoms with E-state index in [2.05, 4.69) is 44.9 Å². The van der Waals surface area contributed by atoms with Crippen molar-refractivity contribution in [3.8, 4) is 12.3 Å². The van der Waals surface area contributed by atoms with Crippen molar-refractivity contribution in [1.82, 2.24) is 19.6 Å². The molecule has 0 spiro atoms. The topological polar surface area (TPSA) is 55.5 Å². The highest BCUT2D eigenvalue weighted by atomic mass is 16.5. The molecule has 6 heteroatoms. The van der Waals surface area contributed by atoms with Gasteiger partial charge in [-0.3, -0.25) is 0 Å². The summed E-state index contributed by atoms with van der Waals surface area (Å²) < 4.78 is 6.92. The number of benzene rings is 1. The predicted molar refractivity (Wildman–Crippen MR) is 92.9 cm³/mol. The van der Waals surface area contributed by atoms with E-state index in [0.717, 1.165) is 13.1 Å². The maximum absolute atomic E-state index is 5.29. The van der Waals surface area contributed by atoms with E-state index in [0.29, 0.717) is 30.6 Å². The molecule has 0 N–H and O–H groups in total. The number of nitrogens with zero attached hydrogens (tertiary/aromatic N) is 5. The Kier molecular flexibility index (Phi) is 5.04. The lowest BCUT2D eigenvalue weighted by atomic mass is 10.2. The number of aromatic nitrogens is 4. The number of aryl methyl sites for hydroxylation is 1. The highest BCUT2D eigenvalue weighted by Crippen LogP contribution is 2.11. The van der Waals surface area contributed by atoms with Gasteiger partial charge in [0.2, 0.25) is 5.95 Å². The van der Waals surface area contributed by atoms with Gasteiger partial charge in [-0.25, -0.2) is 9.50 Å². The van der Waals surface area contributed by atoms with E-state index in [1.165, 1.54) is 5.56 Å². The number of ether oxygens (including phenoxy) is 1. The summed E-state index contributed by atoms with van der Waals surface area (Å²) in [5.74, 6) is 3.69. The molecule has 1 aliphatic rings. The lowest BCUT2D eigenvalue weighted by Gasteiger charge is -2.25. The molecule has 122 valence electrons. The second-order valence-corrected chi connectivity index (χ2v) is 5.37. The van der Waals surface area contributed by atoms with Crippen LogP contribution in [0.2, 0.25) is 0 Å². The summed E-state index contributed by atoms with van der Waals surface area (Å²) in [6.45, 7) is 5.11. The monoisotopic (exact) mass is 321 g/mol. The summed E-state index contributed by atoms with van der Waals surface area (Å²) in [7, 11) is 0. The molecular formula is C18H19N5O. The van der Waals surface area contributed by atoms with Crippen LogP contribution < -0.4 is 4.90 Å². The maximum atomic E-state index is 5.29. The van der Waals surface area contributed by atoms with Gasteiger partial charge in [-0.2, -0.15) is 4.98 Å². The smallest absolute Gasteiger partial charge is 0.255 e. The molecule has 1 aromatic carbocycles. The van der Waals surface area contributed by atoms with Crippen LogP contribution in [0.1, 0.15) is 11.3 Å². The summed E-state index contributed by atoms with van der Waals surface area (Å²) in [4.78, 5) is 10.6. The Morgan fingerprint density at radius 2 is 1.83 bits per heavy atom. The summed E-state index contributed by atoms with van der Waals surface area (Å²) in [5, 5.41) is 4.36. The molecule has 0 amide bonds. The summed E-state index contributed by atoms with van der Waals surface area (Å²) in [5.41, 5.74) is 1.89. The number of anilines is 1. The van der Waals surface area contributed by atoms with E-state index in [-0.39, 0.29) is 0 Å². The molecule has 0 aliphatic carbocycles. The van der Waals surface area contributed by atoms with Crippen LogP contribution in [0.25, 0.3) is 5.78 Å². The quantitative estimate of drug-likeness (QED) is 0.641. The molecule has 0 bridgehead atoms. The van der Waals surface area contributed by atoms with Crippen molar-refractivity contribution < 1.29 is 4.74 Å².